The van der Waals surface area contributed by atoms with Crippen molar-refractivity contribution >= 4 is 16.7 Å². The molecule has 3 rings (SSSR count). The van der Waals surface area contributed by atoms with Crippen molar-refractivity contribution in [2.75, 3.05) is 25.1 Å². The van der Waals surface area contributed by atoms with Gasteiger partial charge in [-0.1, -0.05) is 0 Å². The van der Waals surface area contributed by atoms with Gasteiger partial charge in [0.2, 0.25) is 0 Å². The molecule has 1 aliphatic rings. The fraction of sp³-hybridized carbons (Fsp3) is 0.385. The molecule has 1 aromatic heterocycles. The Hall–Kier alpha value is -1.68. The molecule has 1 unspecified atom stereocenters. The van der Waals surface area contributed by atoms with Crippen LogP contribution in [0.15, 0.2) is 30.6 Å². The Bertz CT molecular complexity index is 509. The van der Waals surface area contributed by atoms with Crippen molar-refractivity contribution in [2.45, 2.75) is 6.42 Å². The first kappa shape index (κ1) is 10.5. The second kappa shape index (κ2) is 4.67. The highest BCUT2D eigenvalue weighted by Gasteiger charge is 2.14. The molecular formula is C13H15N3O. The Morgan fingerprint density at radius 2 is 2.12 bits per heavy atom. The monoisotopic (exact) mass is 229 g/mol. The number of nitrogens with zero attached hydrogens (tertiary/aromatic N) is 2. The van der Waals surface area contributed by atoms with Crippen molar-refractivity contribution in [3.05, 3.63) is 30.6 Å². The van der Waals surface area contributed by atoms with E-state index in [1.54, 1.807) is 12.4 Å². The molecule has 1 aromatic carbocycles. The number of hydrogen-bond donors (Lipinski definition) is 1. The highest BCUT2D eigenvalue weighted by atomic mass is 16.5. The average Bonchev–Trinajstić information content (AvgIpc) is 2.89. The lowest BCUT2D eigenvalue weighted by Crippen LogP contribution is -2.13. The van der Waals surface area contributed by atoms with E-state index in [0.29, 0.717) is 5.92 Å². The van der Waals surface area contributed by atoms with Crippen molar-refractivity contribution in [2.24, 2.45) is 5.92 Å². The number of fused-ring (bicyclic) bond motifs is 1. The summed E-state index contributed by atoms with van der Waals surface area (Å²) in [6, 6.07) is 6.08. The Morgan fingerprint density at radius 1 is 1.24 bits per heavy atom. The fourth-order valence-electron chi connectivity index (χ4n) is 2.08. The molecule has 0 spiro atoms. The number of aromatic nitrogens is 2. The van der Waals surface area contributed by atoms with Crippen molar-refractivity contribution in [3.8, 4) is 0 Å². The van der Waals surface area contributed by atoms with Crippen LogP contribution in [-0.2, 0) is 4.74 Å². The summed E-state index contributed by atoms with van der Waals surface area (Å²) in [5.74, 6) is 0.632. The van der Waals surface area contributed by atoms with Gasteiger partial charge in [-0.2, -0.15) is 0 Å². The second-order valence-corrected chi connectivity index (χ2v) is 4.37. The number of ether oxygens (including phenoxy) is 1. The molecule has 4 nitrogen and oxygen atoms in total. The molecule has 4 heteroatoms. The standard InChI is InChI=1S/C13H15N3O/c1-2-12-13(15-5-4-14-12)7-11(1)16-8-10-3-6-17-9-10/h1-2,4-5,7,10,16H,3,6,8-9H2. The zero-order valence-corrected chi connectivity index (χ0v) is 9.60. The SMILES string of the molecule is c1cnc2cc(NCC3CCOC3)ccc2n1. The van der Waals surface area contributed by atoms with Crippen LogP contribution in [0.3, 0.4) is 0 Å². The van der Waals surface area contributed by atoms with Gasteiger partial charge in [0.15, 0.2) is 0 Å². The Kier molecular flexibility index (Phi) is 2.88. The first-order chi connectivity index (χ1) is 8.42. The van der Waals surface area contributed by atoms with Gasteiger partial charge < -0.3 is 10.1 Å². The minimum atomic E-state index is 0.632. The fourth-order valence-corrected chi connectivity index (χ4v) is 2.08. The zero-order chi connectivity index (χ0) is 11.5. The van der Waals surface area contributed by atoms with E-state index >= 15 is 0 Å². The first-order valence-electron chi connectivity index (χ1n) is 5.94. The van der Waals surface area contributed by atoms with Crippen molar-refractivity contribution in [1.29, 1.82) is 0 Å². The third-order valence-corrected chi connectivity index (χ3v) is 3.09. The van der Waals surface area contributed by atoms with Gasteiger partial charge in [0, 0.05) is 37.2 Å². The van der Waals surface area contributed by atoms with E-state index in [1.165, 1.54) is 0 Å². The summed E-state index contributed by atoms with van der Waals surface area (Å²) >= 11 is 0. The Balaban J connectivity index is 1.72. The van der Waals surface area contributed by atoms with Crippen LogP contribution in [0.2, 0.25) is 0 Å². The summed E-state index contributed by atoms with van der Waals surface area (Å²) in [4.78, 5) is 8.54. The first-order valence-corrected chi connectivity index (χ1v) is 5.94. The quantitative estimate of drug-likeness (QED) is 0.875. The van der Waals surface area contributed by atoms with E-state index in [1.807, 2.05) is 18.2 Å². The number of benzene rings is 1. The summed E-state index contributed by atoms with van der Waals surface area (Å²) in [7, 11) is 0. The highest BCUT2D eigenvalue weighted by molar-refractivity contribution is 5.78. The smallest absolute Gasteiger partial charge is 0.0907 e. The van der Waals surface area contributed by atoms with Gasteiger partial charge in [0.05, 0.1) is 17.6 Å². The predicted molar refractivity (Wildman–Crippen MR) is 67.0 cm³/mol. The number of anilines is 1. The van der Waals surface area contributed by atoms with Crippen LogP contribution in [0, 0.1) is 5.92 Å². The summed E-state index contributed by atoms with van der Waals surface area (Å²) in [5, 5.41) is 3.43. The van der Waals surface area contributed by atoms with Gasteiger partial charge in [-0.25, -0.2) is 0 Å². The van der Waals surface area contributed by atoms with E-state index in [4.69, 9.17) is 4.74 Å². The van der Waals surface area contributed by atoms with E-state index < -0.39 is 0 Å². The van der Waals surface area contributed by atoms with Crippen molar-refractivity contribution < 1.29 is 4.74 Å². The van der Waals surface area contributed by atoms with Gasteiger partial charge in [-0.3, -0.25) is 9.97 Å². The van der Waals surface area contributed by atoms with E-state index in [9.17, 15) is 0 Å². The summed E-state index contributed by atoms with van der Waals surface area (Å²) in [6.07, 6.45) is 4.59. The molecule has 0 aliphatic carbocycles. The van der Waals surface area contributed by atoms with E-state index in [-0.39, 0.29) is 0 Å². The minimum Gasteiger partial charge on any atom is -0.385 e. The molecule has 0 saturated carbocycles. The summed E-state index contributed by atoms with van der Waals surface area (Å²) in [5.41, 5.74) is 2.97. The van der Waals surface area contributed by atoms with E-state index in [0.717, 1.165) is 42.9 Å². The van der Waals surface area contributed by atoms with Gasteiger partial charge in [0.1, 0.15) is 0 Å². The molecule has 17 heavy (non-hydrogen) atoms. The second-order valence-electron chi connectivity index (χ2n) is 4.37. The summed E-state index contributed by atoms with van der Waals surface area (Å²) < 4.78 is 5.35. The number of rotatable bonds is 3. The third kappa shape index (κ3) is 2.36. The van der Waals surface area contributed by atoms with Crippen LogP contribution in [0.25, 0.3) is 11.0 Å². The van der Waals surface area contributed by atoms with Crippen LogP contribution in [0.4, 0.5) is 5.69 Å². The van der Waals surface area contributed by atoms with Crippen LogP contribution < -0.4 is 5.32 Å². The molecule has 1 fully saturated rings. The van der Waals surface area contributed by atoms with Gasteiger partial charge in [-0.15, -0.1) is 0 Å². The predicted octanol–water partition coefficient (Wildman–Crippen LogP) is 2.08. The topological polar surface area (TPSA) is 47.0 Å². The van der Waals surface area contributed by atoms with Gasteiger partial charge in [0.25, 0.3) is 0 Å². The zero-order valence-electron chi connectivity index (χ0n) is 9.60. The molecule has 2 aromatic rings. The largest absolute Gasteiger partial charge is 0.385 e. The van der Waals surface area contributed by atoms with Crippen LogP contribution in [0.5, 0.6) is 0 Å². The molecule has 2 heterocycles. The van der Waals surface area contributed by atoms with Crippen LogP contribution in [-0.4, -0.2) is 29.7 Å². The third-order valence-electron chi connectivity index (χ3n) is 3.09. The maximum absolute atomic E-state index is 5.35. The maximum Gasteiger partial charge on any atom is 0.0907 e. The van der Waals surface area contributed by atoms with Gasteiger partial charge >= 0.3 is 0 Å². The summed E-state index contributed by atoms with van der Waals surface area (Å²) in [6.45, 7) is 2.74. The molecule has 1 atom stereocenters. The van der Waals surface area contributed by atoms with Gasteiger partial charge in [-0.05, 0) is 24.6 Å². The highest BCUT2D eigenvalue weighted by Crippen LogP contribution is 2.17. The lowest BCUT2D eigenvalue weighted by Gasteiger charge is -2.10. The minimum absolute atomic E-state index is 0.632. The van der Waals surface area contributed by atoms with Crippen molar-refractivity contribution in [1.82, 2.24) is 9.97 Å². The Morgan fingerprint density at radius 3 is 2.94 bits per heavy atom. The van der Waals surface area contributed by atoms with E-state index in [2.05, 4.69) is 15.3 Å². The Labute approximate surface area is 100 Å². The molecule has 1 saturated heterocycles. The molecular weight excluding hydrogens is 214 g/mol. The number of hydrogen-bond acceptors (Lipinski definition) is 4. The lowest BCUT2D eigenvalue weighted by atomic mass is 10.1. The van der Waals surface area contributed by atoms with Crippen LogP contribution in [0.1, 0.15) is 6.42 Å². The van der Waals surface area contributed by atoms with Crippen LogP contribution >= 0.6 is 0 Å². The molecule has 0 bridgehead atoms. The normalized spacial score (nSPS) is 19.6. The number of nitrogens with one attached hydrogen (secondary N) is 1. The molecule has 88 valence electrons. The average molecular weight is 229 g/mol. The molecule has 0 amide bonds. The maximum atomic E-state index is 5.35. The van der Waals surface area contributed by atoms with Crippen molar-refractivity contribution in [3.63, 3.8) is 0 Å². The molecule has 0 radical (unpaired) electrons. The lowest BCUT2D eigenvalue weighted by molar-refractivity contribution is 0.187. The molecule has 1 N–H and O–H groups in total. The molecule has 1 aliphatic heterocycles.